The zero-order chi connectivity index (χ0) is 14.6. The average molecular weight is 290 g/mol. The van der Waals surface area contributed by atoms with E-state index in [1.807, 2.05) is 0 Å². The van der Waals surface area contributed by atoms with Crippen molar-refractivity contribution < 1.29 is 4.79 Å². The van der Waals surface area contributed by atoms with Gasteiger partial charge in [0, 0.05) is 6.04 Å². The maximum atomic E-state index is 13.0. The van der Waals surface area contributed by atoms with E-state index in [1.165, 1.54) is 51.4 Å². The molecular weight excluding hydrogens is 260 g/mol. The monoisotopic (exact) mass is 290 g/mol. The Bertz CT molecular complexity index is 415. The van der Waals surface area contributed by atoms with E-state index in [-0.39, 0.29) is 6.04 Å². The molecule has 3 heteroatoms. The third-order valence-electron chi connectivity index (χ3n) is 6.74. The number of rotatable bonds is 3. The minimum Gasteiger partial charge on any atom is -0.322 e. The molecule has 1 heterocycles. The van der Waals surface area contributed by atoms with Gasteiger partial charge in [-0.1, -0.05) is 33.1 Å². The zero-order valence-corrected chi connectivity index (χ0v) is 13.6. The van der Waals surface area contributed by atoms with E-state index in [9.17, 15) is 4.79 Å². The number of amides is 1. The molecule has 0 spiro atoms. The van der Waals surface area contributed by atoms with Crippen LogP contribution in [0.25, 0.3) is 0 Å². The second kappa shape index (κ2) is 5.26. The number of carbonyl (C=O) groups is 1. The van der Waals surface area contributed by atoms with E-state index >= 15 is 0 Å². The molecule has 3 aliphatic carbocycles. The van der Waals surface area contributed by atoms with Gasteiger partial charge in [-0.05, 0) is 55.8 Å². The van der Waals surface area contributed by atoms with Crippen molar-refractivity contribution in [1.82, 2.24) is 10.2 Å². The normalized spacial score (nSPS) is 43.7. The van der Waals surface area contributed by atoms with Crippen molar-refractivity contribution >= 4 is 5.91 Å². The van der Waals surface area contributed by atoms with Gasteiger partial charge in [0.25, 0.3) is 0 Å². The van der Waals surface area contributed by atoms with Gasteiger partial charge in [0.2, 0.25) is 5.91 Å². The van der Waals surface area contributed by atoms with Crippen LogP contribution in [0.1, 0.15) is 65.2 Å². The van der Waals surface area contributed by atoms with Gasteiger partial charge < -0.3 is 4.90 Å². The molecule has 0 aromatic rings. The van der Waals surface area contributed by atoms with Crippen LogP contribution in [0.15, 0.2) is 0 Å². The van der Waals surface area contributed by atoms with Crippen LogP contribution in [0.4, 0.5) is 0 Å². The standard InChI is InChI=1S/C18H30N2O/c1-11(2)16-18(21)20(15-10-12-7-8-14(15)9-12)17(19-16)13-5-3-4-6-13/h11-17,19H,3-10H2,1-2H3. The van der Waals surface area contributed by atoms with Crippen molar-refractivity contribution in [3.05, 3.63) is 0 Å². The molecule has 0 aromatic carbocycles. The van der Waals surface area contributed by atoms with Gasteiger partial charge in [0.05, 0.1) is 12.2 Å². The summed E-state index contributed by atoms with van der Waals surface area (Å²) in [6, 6.07) is 0.618. The molecule has 2 bridgehead atoms. The van der Waals surface area contributed by atoms with Gasteiger partial charge in [-0.3, -0.25) is 10.1 Å². The Kier molecular flexibility index (Phi) is 3.52. The van der Waals surface area contributed by atoms with Crippen molar-refractivity contribution in [3.63, 3.8) is 0 Å². The van der Waals surface area contributed by atoms with E-state index in [0.717, 1.165) is 11.8 Å². The summed E-state index contributed by atoms with van der Waals surface area (Å²) in [5, 5.41) is 3.74. The Balaban J connectivity index is 1.59. The number of nitrogens with zero attached hydrogens (tertiary/aromatic N) is 1. The summed E-state index contributed by atoms with van der Waals surface area (Å²) in [6.45, 7) is 4.37. The second-order valence-corrected chi connectivity index (χ2v) is 8.37. The minimum atomic E-state index is 0.0646. The molecule has 4 fully saturated rings. The predicted octanol–water partition coefficient (Wildman–Crippen LogP) is 3.15. The van der Waals surface area contributed by atoms with E-state index in [2.05, 4.69) is 24.1 Å². The smallest absolute Gasteiger partial charge is 0.241 e. The van der Waals surface area contributed by atoms with E-state index < -0.39 is 0 Å². The molecule has 1 aliphatic heterocycles. The van der Waals surface area contributed by atoms with Gasteiger partial charge in [0.15, 0.2) is 0 Å². The van der Waals surface area contributed by atoms with Crippen LogP contribution in [0.3, 0.4) is 0 Å². The fourth-order valence-corrected chi connectivity index (χ4v) is 5.67. The van der Waals surface area contributed by atoms with Crippen molar-refractivity contribution in [2.75, 3.05) is 0 Å². The highest BCUT2D eigenvalue weighted by Crippen LogP contribution is 2.49. The number of carbonyl (C=O) groups excluding carboxylic acids is 1. The lowest BCUT2D eigenvalue weighted by Gasteiger charge is -2.38. The molecular formula is C18H30N2O. The minimum absolute atomic E-state index is 0.0646. The first-order valence-corrected chi connectivity index (χ1v) is 9.23. The summed E-state index contributed by atoms with van der Waals surface area (Å²) < 4.78 is 0. The summed E-state index contributed by atoms with van der Waals surface area (Å²) in [7, 11) is 0. The predicted molar refractivity (Wildman–Crippen MR) is 83.6 cm³/mol. The summed E-state index contributed by atoms with van der Waals surface area (Å²) in [4.78, 5) is 15.4. The number of nitrogens with one attached hydrogen (secondary N) is 1. The molecule has 1 saturated heterocycles. The summed E-state index contributed by atoms with van der Waals surface area (Å²) >= 11 is 0. The average Bonchev–Trinajstić information content (AvgIpc) is 3.21. The molecule has 4 aliphatic rings. The number of fused-ring (bicyclic) bond motifs is 2. The maximum absolute atomic E-state index is 13.0. The van der Waals surface area contributed by atoms with Gasteiger partial charge >= 0.3 is 0 Å². The van der Waals surface area contributed by atoms with Gasteiger partial charge in [0.1, 0.15) is 0 Å². The van der Waals surface area contributed by atoms with E-state index in [4.69, 9.17) is 0 Å². The van der Waals surface area contributed by atoms with Crippen molar-refractivity contribution in [2.24, 2.45) is 23.7 Å². The lowest BCUT2D eigenvalue weighted by atomic mass is 9.92. The highest BCUT2D eigenvalue weighted by atomic mass is 16.2. The van der Waals surface area contributed by atoms with Crippen LogP contribution < -0.4 is 5.32 Å². The summed E-state index contributed by atoms with van der Waals surface area (Å²) in [6.07, 6.45) is 11.1. The molecule has 118 valence electrons. The Labute approximate surface area is 128 Å². The fraction of sp³-hybridized carbons (Fsp3) is 0.944. The summed E-state index contributed by atoms with van der Waals surface area (Å²) in [5.41, 5.74) is 0. The molecule has 1 N–H and O–H groups in total. The third-order valence-corrected chi connectivity index (χ3v) is 6.74. The van der Waals surface area contributed by atoms with Crippen molar-refractivity contribution in [2.45, 2.75) is 83.5 Å². The Morgan fingerprint density at radius 1 is 1.05 bits per heavy atom. The second-order valence-electron chi connectivity index (χ2n) is 8.37. The van der Waals surface area contributed by atoms with Crippen molar-refractivity contribution in [3.8, 4) is 0 Å². The van der Waals surface area contributed by atoms with Crippen LogP contribution in [0.5, 0.6) is 0 Å². The molecule has 5 atom stereocenters. The topological polar surface area (TPSA) is 32.3 Å². The highest BCUT2D eigenvalue weighted by Gasteiger charge is 2.52. The van der Waals surface area contributed by atoms with Gasteiger partial charge in [-0.25, -0.2) is 0 Å². The lowest BCUT2D eigenvalue weighted by Crippen LogP contribution is -2.49. The molecule has 4 rings (SSSR count). The molecule has 21 heavy (non-hydrogen) atoms. The fourth-order valence-electron chi connectivity index (χ4n) is 5.67. The van der Waals surface area contributed by atoms with Crippen LogP contribution in [-0.4, -0.2) is 29.1 Å². The third kappa shape index (κ3) is 2.23. The Morgan fingerprint density at radius 3 is 2.38 bits per heavy atom. The largest absolute Gasteiger partial charge is 0.322 e. The first kappa shape index (κ1) is 14.0. The van der Waals surface area contributed by atoms with E-state index in [1.54, 1.807) is 0 Å². The van der Waals surface area contributed by atoms with Crippen LogP contribution in [-0.2, 0) is 4.79 Å². The van der Waals surface area contributed by atoms with Crippen molar-refractivity contribution in [1.29, 1.82) is 0 Å². The van der Waals surface area contributed by atoms with Gasteiger partial charge in [-0.15, -0.1) is 0 Å². The number of hydrogen-bond donors (Lipinski definition) is 1. The Hall–Kier alpha value is -0.570. The number of hydrogen-bond acceptors (Lipinski definition) is 2. The van der Waals surface area contributed by atoms with E-state index in [0.29, 0.717) is 30.0 Å². The highest BCUT2D eigenvalue weighted by molar-refractivity contribution is 5.85. The lowest BCUT2D eigenvalue weighted by molar-refractivity contribution is -0.134. The molecule has 5 unspecified atom stereocenters. The molecule has 0 radical (unpaired) electrons. The molecule has 3 nitrogen and oxygen atoms in total. The van der Waals surface area contributed by atoms with Crippen LogP contribution in [0.2, 0.25) is 0 Å². The van der Waals surface area contributed by atoms with Crippen LogP contribution >= 0.6 is 0 Å². The molecule has 3 saturated carbocycles. The van der Waals surface area contributed by atoms with Gasteiger partial charge in [-0.2, -0.15) is 0 Å². The maximum Gasteiger partial charge on any atom is 0.241 e. The molecule has 0 aromatic heterocycles. The SMILES string of the molecule is CC(C)C1NC(C2CCCC2)N(C2CC3CCC2C3)C1=O. The Morgan fingerprint density at radius 2 is 1.81 bits per heavy atom. The summed E-state index contributed by atoms with van der Waals surface area (Å²) in [5.74, 6) is 3.24. The zero-order valence-electron chi connectivity index (χ0n) is 13.6. The molecule has 1 amide bonds. The first-order valence-electron chi connectivity index (χ1n) is 9.23. The first-order chi connectivity index (χ1) is 10.1. The van der Waals surface area contributed by atoms with Crippen LogP contribution in [0, 0.1) is 23.7 Å². The quantitative estimate of drug-likeness (QED) is 0.866.